The number of nitrogens with zero attached hydrogens (tertiary/aromatic N) is 1. The molecular formula is C16H25NO. The number of hydrogen-bond donors (Lipinski definition) is 0. The SMILES string of the molecule is CCCCN(C(=O)C(C)CC)c1cccc(C)c1. The van der Waals surface area contributed by atoms with E-state index >= 15 is 0 Å². The van der Waals surface area contributed by atoms with Crippen LogP contribution in [0, 0.1) is 12.8 Å². The van der Waals surface area contributed by atoms with Crippen LogP contribution in [0.25, 0.3) is 0 Å². The Morgan fingerprint density at radius 2 is 2.06 bits per heavy atom. The van der Waals surface area contributed by atoms with Crippen molar-refractivity contribution in [2.75, 3.05) is 11.4 Å². The summed E-state index contributed by atoms with van der Waals surface area (Å²) in [6, 6.07) is 8.21. The zero-order chi connectivity index (χ0) is 13.5. The Kier molecular flexibility index (Phi) is 5.90. The smallest absolute Gasteiger partial charge is 0.229 e. The van der Waals surface area contributed by atoms with E-state index in [1.165, 1.54) is 5.56 Å². The quantitative estimate of drug-likeness (QED) is 0.738. The molecule has 2 nitrogen and oxygen atoms in total. The van der Waals surface area contributed by atoms with E-state index in [9.17, 15) is 4.79 Å². The topological polar surface area (TPSA) is 20.3 Å². The van der Waals surface area contributed by atoms with Crippen LogP contribution in [-0.4, -0.2) is 12.5 Å². The van der Waals surface area contributed by atoms with Crippen molar-refractivity contribution in [2.45, 2.75) is 47.0 Å². The molecule has 100 valence electrons. The molecule has 1 aromatic rings. The van der Waals surface area contributed by atoms with Gasteiger partial charge in [0.15, 0.2) is 0 Å². The maximum absolute atomic E-state index is 12.4. The lowest BCUT2D eigenvalue weighted by Gasteiger charge is -2.26. The van der Waals surface area contributed by atoms with Crippen LogP contribution in [0.3, 0.4) is 0 Å². The van der Waals surface area contributed by atoms with Gasteiger partial charge in [-0.25, -0.2) is 0 Å². The molecular weight excluding hydrogens is 222 g/mol. The lowest BCUT2D eigenvalue weighted by atomic mass is 10.1. The number of anilines is 1. The summed E-state index contributed by atoms with van der Waals surface area (Å²) in [7, 11) is 0. The van der Waals surface area contributed by atoms with Crippen molar-refractivity contribution >= 4 is 11.6 Å². The number of carbonyl (C=O) groups excluding carboxylic acids is 1. The molecule has 0 heterocycles. The lowest BCUT2D eigenvalue weighted by Crippen LogP contribution is -2.35. The molecule has 1 atom stereocenters. The number of hydrogen-bond acceptors (Lipinski definition) is 1. The Morgan fingerprint density at radius 3 is 2.61 bits per heavy atom. The van der Waals surface area contributed by atoms with Gasteiger partial charge in [-0.3, -0.25) is 4.79 Å². The minimum absolute atomic E-state index is 0.0994. The Bertz CT molecular complexity index is 386. The summed E-state index contributed by atoms with van der Waals surface area (Å²) in [5, 5.41) is 0. The molecule has 0 aliphatic heterocycles. The van der Waals surface area contributed by atoms with E-state index in [1.807, 2.05) is 24.0 Å². The first-order chi connectivity index (χ1) is 8.60. The first-order valence-corrected chi connectivity index (χ1v) is 6.98. The maximum Gasteiger partial charge on any atom is 0.229 e. The standard InChI is InChI=1S/C16H25NO/c1-5-7-11-17(16(18)14(4)6-2)15-10-8-9-13(3)12-15/h8-10,12,14H,5-7,11H2,1-4H3. The zero-order valence-corrected chi connectivity index (χ0v) is 12.1. The number of unbranched alkanes of at least 4 members (excludes halogenated alkanes) is 1. The lowest BCUT2D eigenvalue weighted by molar-refractivity contribution is -0.122. The van der Waals surface area contributed by atoms with Crippen LogP contribution in [0.2, 0.25) is 0 Å². The van der Waals surface area contributed by atoms with Crippen molar-refractivity contribution in [1.82, 2.24) is 0 Å². The Hall–Kier alpha value is -1.31. The molecule has 0 radical (unpaired) electrons. The first kappa shape index (κ1) is 14.7. The van der Waals surface area contributed by atoms with E-state index in [2.05, 4.69) is 32.9 Å². The van der Waals surface area contributed by atoms with Crippen molar-refractivity contribution in [2.24, 2.45) is 5.92 Å². The van der Waals surface area contributed by atoms with Crippen LogP contribution >= 0.6 is 0 Å². The molecule has 1 aromatic carbocycles. The molecule has 1 amide bonds. The highest BCUT2D eigenvalue weighted by atomic mass is 16.2. The summed E-state index contributed by atoms with van der Waals surface area (Å²) in [5.41, 5.74) is 2.24. The van der Waals surface area contributed by atoms with E-state index in [4.69, 9.17) is 0 Å². The average Bonchev–Trinajstić information content (AvgIpc) is 2.38. The average molecular weight is 247 g/mol. The summed E-state index contributed by atoms with van der Waals surface area (Å²) < 4.78 is 0. The van der Waals surface area contributed by atoms with Gasteiger partial charge in [0.25, 0.3) is 0 Å². The minimum Gasteiger partial charge on any atom is -0.312 e. The molecule has 1 rings (SSSR count). The van der Waals surface area contributed by atoms with Gasteiger partial charge in [0.2, 0.25) is 5.91 Å². The van der Waals surface area contributed by atoms with Crippen LogP contribution in [0.5, 0.6) is 0 Å². The normalized spacial score (nSPS) is 12.2. The summed E-state index contributed by atoms with van der Waals surface area (Å²) in [4.78, 5) is 14.4. The first-order valence-electron chi connectivity index (χ1n) is 6.98. The fourth-order valence-corrected chi connectivity index (χ4v) is 1.92. The number of carbonyl (C=O) groups is 1. The molecule has 0 aliphatic rings. The number of benzene rings is 1. The highest BCUT2D eigenvalue weighted by Gasteiger charge is 2.20. The fourth-order valence-electron chi connectivity index (χ4n) is 1.92. The molecule has 0 saturated heterocycles. The van der Waals surface area contributed by atoms with Crippen LogP contribution in [0.15, 0.2) is 24.3 Å². The summed E-state index contributed by atoms with van der Waals surface area (Å²) in [6.07, 6.45) is 3.06. The predicted molar refractivity (Wildman–Crippen MR) is 77.9 cm³/mol. The van der Waals surface area contributed by atoms with Crippen molar-refractivity contribution < 1.29 is 4.79 Å². The Labute approximate surface area is 111 Å². The molecule has 18 heavy (non-hydrogen) atoms. The van der Waals surface area contributed by atoms with Crippen molar-refractivity contribution in [3.05, 3.63) is 29.8 Å². The third-order valence-corrected chi connectivity index (χ3v) is 3.35. The molecule has 0 bridgehead atoms. The van der Waals surface area contributed by atoms with E-state index < -0.39 is 0 Å². The van der Waals surface area contributed by atoms with Gasteiger partial charge >= 0.3 is 0 Å². The van der Waals surface area contributed by atoms with Crippen LogP contribution < -0.4 is 4.90 Å². The summed E-state index contributed by atoms with van der Waals surface area (Å²) in [5.74, 6) is 0.346. The summed E-state index contributed by atoms with van der Waals surface area (Å²) in [6.45, 7) is 9.12. The molecule has 0 aliphatic carbocycles. The number of rotatable bonds is 6. The highest BCUT2D eigenvalue weighted by molar-refractivity contribution is 5.94. The van der Waals surface area contributed by atoms with Crippen LogP contribution in [0.1, 0.15) is 45.6 Å². The minimum atomic E-state index is 0.0994. The third-order valence-electron chi connectivity index (χ3n) is 3.35. The zero-order valence-electron chi connectivity index (χ0n) is 12.1. The Morgan fingerprint density at radius 1 is 1.33 bits per heavy atom. The summed E-state index contributed by atoms with van der Waals surface area (Å²) >= 11 is 0. The van der Waals surface area contributed by atoms with Crippen molar-refractivity contribution in [1.29, 1.82) is 0 Å². The van der Waals surface area contributed by atoms with E-state index in [1.54, 1.807) is 0 Å². The van der Waals surface area contributed by atoms with Gasteiger partial charge in [-0.15, -0.1) is 0 Å². The molecule has 0 spiro atoms. The van der Waals surface area contributed by atoms with Gasteiger partial charge in [-0.05, 0) is 37.5 Å². The molecule has 0 aromatic heterocycles. The molecule has 1 unspecified atom stereocenters. The number of amides is 1. The largest absolute Gasteiger partial charge is 0.312 e. The third kappa shape index (κ3) is 3.86. The predicted octanol–water partition coefficient (Wildman–Crippen LogP) is 4.17. The maximum atomic E-state index is 12.4. The monoisotopic (exact) mass is 247 g/mol. The van der Waals surface area contributed by atoms with Crippen LogP contribution in [-0.2, 0) is 4.79 Å². The van der Waals surface area contributed by atoms with Gasteiger partial charge < -0.3 is 4.90 Å². The van der Waals surface area contributed by atoms with E-state index in [0.717, 1.165) is 31.5 Å². The van der Waals surface area contributed by atoms with Gasteiger partial charge in [0.05, 0.1) is 0 Å². The van der Waals surface area contributed by atoms with Gasteiger partial charge in [-0.2, -0.15) is 0 Å². The second kappa shape index (κ2) is 7.20. The van der Waals surface area contributed by atoms with E-state index in [-0.39, 0.29) is 11.8 Å². The van der Waals surface area contributed by atoms with Crippen LogP contribution in [0.4, 0.5) is 5.69 Å². The second-order valence-electron chi connectivity index (χ2n) is 4.99. The van der Waals surface area contributed by atoms with Crippen molar-refractivity contribution in [3.8, 4) is 0 Å². The molecule has 0 saturated carbocycles. The van der Waals surface area contributed by atoms with Gasteiger partial charge in [0.1, 0.15) is 0 Å². The fraction of sp³-hybridized carbons (Fsp3) is 0.562. The number of aryl methyl sites for hydroxylation is 1. The Balaban J connectivity index is 2.93. The van der Waals surface area contributed by atoms with Gasteiger partial charge in [-0.1, -0.05) is 39.3 Å². The van der Waals surface area contributed by atoms with Crippen molar-refractivity contribution in [3.63, 3.8) is 0 Å². The molecule has 0 N–H and O–H groups in total. The second-order valence-corrected chi connectivity index (χ2v) is 4.99. The highest BCUT2D eigenvalue weighted by Crippen LogP contribution is 2.20. The van der Waals surface area contributed by atoms with E-state index in [0.29, 0.717) is 0 Å². The molecule has 0 fully saturated rings. The molecule has 2 heteroatoms. The van der Waals surface area contributed by atoms with Gasteiger partial charge in [0, 0.05) is 18.2 Å².